The first-order valence-corrected chi connectivity index (χ1v) is 6.99. The van der Waals surface area contributed by atoms with Gasteiger partial charge in [-0.2, -0.15) is 0 Å². The maximum atomic E-state index is 12.7. The molecule has 0 saturated carbocycles. The first kappa shape index (κ1) is 13.9. The molecule has 3 atom stereocenters. The zero-order valence-corrected chi connectivity index (χ0v) is 11.7. The van der Waals surface area contributed by atoms with E-state index in [1.807, 2.05) is 6.92 Å². The summed E-state index contributed by atoms with van der Waals surface area (Å²) in [5, 5.41) is 9.19. The van der Waals surface area contributed by atoms with Crippen molar-refractivity contribution in [1.29, 1.82) is 0 Å². The van der Waals surface area contributed by atoms with Gasteiger partial charge < -0.3 is 19.5 Å². The van der Waals surface area contributed by atoms with Gasteiger partial charge in [-0.1, -0.05) is 19.1 Å². The molecule has 2 heterocycles. The first-order valence-electron chi connectivity index (χ1n) is 6.99. The third-order valence-corrected chi connectivity index (χ3v) is 3.95. The number of carbonyl (C=O) groups excluding carboxylic acids is 1. The molecule has 0 aliphatic carbocycles. The van der Waals surface area contributed by atoms with Crippen LogP contribution in [-0.4, -0.2) is 42.3 Å². The summed E-state index contributed by atoms with van der Waals surface area (Å²) < 4.78 is 10.9. The molecule has 0 radical (unpaired) electrons. The number of hydrogen-bond acceptors (Lipinski definition) is 4. The number of carbonyl (C=O) groups is 2. The maximum Gasteiger partial charge on any atom is 0.346 e. The molecular weight excluding hydrogens is 274 g/mol. The number of hydrogen-bond donors (Lipinski definition) is 1. The average Bonchev–Trinajstić information content (AvgIpc) is 2.91. The number of para-hydroxylation sites is 2. The third-order valence-electron chi connectivity index (χ3n) is 3.95. The summed E-state index contributed by atoms with van der Waals surface area (Å²) in [6.07, 6.45) is -0.726. The molecule has 3 unspecified atom stereocenters. The van der Waals surface area contributed by atoms with Crippen LogP contribution >= 0.6 is 0 Å². The van der Waals surface area contributed by atoms with Crippen LogP contribution in [0.1, 0.15) is 13.3 Å². The van der Waals surface area contributed by atoms with Crippen molar-refractivity contribution in [2.45, 2.75) is 25.6 Å². The highest BCUT2D eigenvalue weighted by atomic mass is 16.5. The largest absolute Gasteiger partial charge is 0.478 e. The number of rotatable bonds is 2. The molecule has 1 aromatic carbocycles. The molecule has 1 amide bonds. The molecule has 1 N–H and O–H groups in total. The van der Waals surface area contributed by atoms with E-state index >= 15 is 0 Å². The number of carboxylic acids is 1. The van der Waals surface area contributed by atoms with E-state index in [-0.39, 0.29) is 18.4 Å². The monoisotopic (exact) mass is 291 g/mol. The highest BCUT2D eigenvalue weighted by Crippen LogP contribution is 2.35. The molecule has 2 aliphatic heterocycles. The van der Waals surface area contributed by atoms with Crippen LogP contribution in [0.2, 0.25) is 0 Å². The van der Waals surface area contributed by atoms with E-state index in [4.69, 9.17) is 9.47 Å². The Hall–Kier alpha value is -2.08. The Labute approximate surface area is 122 Å². The summed E-state index contributed by atoms with van der Waals surface area (Å²) in [6.45, 7) is 2.53. The number of anilines is 1. The molecule has 21 heavy (non-hydrogen) atoms. The van der Waals surface area contributed by atoms with Crippen molar-refractivity contribution in [3.8, 4) is 5.75 Å². The molecule has 6 heteroatoms. The van der Waals surface area contributed by atoms with Crippen LogP contribution in [0.4, 0.5) is 5.69 Å². The number of benzene rings is 1. The summed E-state index contributed by atoms with van der Waals surface area (Å²) in [5.74, 6) is -0.726. The van der Waals surface area contributed by atoms with Crippen LogP contribution in [0.5, 0.6) is 5.75 Å². The van der Waals surface area contributed by atoms with Crippen molar-refractivity contribution in [1.82, 2.24) is 0 Å². The van der Waals surface area contributed by atoms with Gasteiger partial charge in [0.05, 0.1) is 12.2 Å². The minimum Gasteiger partial charge on any atom is -0.478 e. The van der Waals surface area contributed by atoms with Gasteiger partial charge >= 0.3 is 5.97 Å². The van der Waals surface area contributed by atoms with Crippen LogP contribution in [0, 0.1) is 5.92 Å². The fraction of sp³-hybridized carbons (Fsp3) is 0.467. The standard InChI is InChI=1S/C15H17NO5/c1-9-6-7-20-13(9)14(17)16-8-12(15(18)19)21-11-5-3-2-4-10(11)16/h2-5,9,12-13H,6-8H2,1H3,(H,18,19). The summed E-state index contributed by atoms with van der Waals surface area (Å²) >= 11 is 0. The third kappa shape index (κ3) is 2.47. The van der Waals surface area contributed by atoms with E-state index < -0.39 is 18.2 Å². The normalized spacial score (nSPS) is 27.9. The zero-order chi connectivity index (χ0) is 15.0. The van der Waals surface area contributed by atoms with Crippen molar-refractivity contribution in [3.05, 3.63) is 24.3 Å². The van der Waals surface area contributed by atoms with Gasteiger partial charge in [-0.05, 0) is 24.5 Å². The Morgan fingerprint density at radius 2 is 2.10 bits per heavy atom. The Morgan fingerprint density at radius 3 is 2.76 bits per heavy atom. The van der Waals surface area contributed by atoms with Gasteiger partial charge in [0, 0.05) is 6.61 Å². The van der Waals surface area contributed by atoms with E-state index in [9.17, 15) is 14.7 Å². The number of aliphatic carboxylic acids is 1. The lowest BCUT2D eigenvalue weighted by atomic mass is 10.0. The lowest BCUT2D eigenvalue weighted by Crippen LogP contribution is -2.51. The lowest BCUT2D eigenvalue weighted by Gasteiger charge is -2.34. The Balaban J connectivity index is 1.92. The maximum absolute atomic E-state index is 12.7. The van der Waals surface area contributed by atoms with Crippen molar-refractivity contribution in [2.24, 2.45) is 5.92 Å². The second kappa shape index (κ2) is 5.37. The quantitative estimate of drug-likeness (QED) is 0.888. The molecule has 0 bridgehead atoms. The molecule has 3 rings (SSSR count). The van der Waals surface area contributed by atoms with Crippen molar-refractivity contribution >= 4 is 17.6 Å². The molecular formula is C15H17NO5. The number of amides is 1. The molecule has 0 spiro atoms. The summed E-state index contributed by atoms with van der Waals surface area (Å²) in [6, 6.07) is 6.97. The van der Waals surface area contributed by atoms with Crippen LogP contribution < -0.4 is 9.64 Å². The summed E-state index contributed by atoms with van der Waals surface area (Å²) in [5.41, 5.74) is 0.600. The Morgan fingerprint density at radius 1 is 1.33 bits per heavy atom. The molecule has 0 aromatic heterocycles. The highest BCUT2D eigenvalue weighted by molar-refractivity contribution is 5.99. The number of nitrogens with zero attached hydrogens (tertiary/aromatic N) is 1. The Bertz CT molecular complexity index is 573. The second-order valence-electron chi connectivity index (χ2n) is 5.42. The fourth-order valence-corrected chi connectivity index (χ4v) is 2.74. The summed E-state index contributed by atoms with van der Waals surface area (Å²) in [7, 11) is 0. The van der Waals surface area contributed by atoms with Crippen molar-refractivity contribution < 1.29 is 24.2 Å². The van der Waals surface area contributed by atoms with Gasteiger partial charge in [0.25, 0.3) is 5.91 Å². The van der Waals surface area contributed by atoms with Gasteiger partial charge in [-0.3, -0.25) is 4.79 Å². The van der Waals surface area contributed by atoms with Gasteiger partial charge in [-0.25, -0.2) is 4.79 Å². The van der Waals surface area contributed by atoms with Crippen LogP contribution in [0.3, 0.4) is 0 Å². The predicted molar refractivity (Wildman–Crippen MR) is 74.4 cm³/mol. The molecule has 1 fully saturated rings. The minimum absolute atomic E-state index is 0.00222. The molecule has 1 aromatic rings. The van der Waals surface area contributed by atoms with E-state index in [0.29, 0.717) is 18.0 Å². The van der Waals surface area contributed by atoms with E-state index in [0.717, 1.165) is 6.42 Å². The molecule has 2 aliphatic rings. The van der Waals surface area contributed by atoms with Gasteiger partial charge in [0.2, 0.25) is 6.10 Å². The SMILES string of the molecule is CC1CCOC1C(=O)N1CC(C(=O)O)Oc2ccccc21. The van der Waals surface area contributed by atoms with Crippen molar-refractivity contribution in [2.75, 3.05) is 18.1 Å². The summed E-state index contributed by atoms with van der Waals surface area (Å²) in [4.78, 5) is 25.4. The zero-order valence-electron chi connectivity index (χ0n) is 11.7. The van der Waals surface area contributed by atoms with Gasteiger partial charge in [0.1, 0.15) is 11.9 Å². The van der Waals surface area contributed by atoms with E-state index in [1.165, 1.54) is 4.90 Å². The topological polar surface area (TPSA) is 76.1 Å². The average molecular weight is 291 g/mol. The number of ether oxygens (including phenoxy) is 2. The van der Waals surface area contributed by atoms with Crippen LogP contribution in [0.15, 0.2) is 24.3 Å². The van der Waals surface area contributed by atoms with Gasteiger partial charge in [-0.15, -0.1) is 0 Å². The van der Waals surface area contributed by atoms with E-state index in [1.54, 1.807) is 24.3 Å². The second-order valence-corrected chi connectivity index (χ2v) is 5.42. The lowest BCUT2D eigenvalue weighted by molar-refractivity contribution is -0.145. The molecule has 1 saturated heterocycles. The molecule has 112 valence electrons. The van der Waals surface area contributed by atoms with E-state index in [2.05, 4.69) is 0 Å². The smallest absolute Gasteiger partial charge is 0.346 e. The minimum atomic E-state index is -1.08. The Kier molecular flexibility index (Phi) is 3.55. The van der Waals surface area contributed by atoms with Crippen LogP contribution in [0.25, 0.3) is 0 Å². The predicted octanol–water partition coefficient (Wildman–Crippen LogP) is 1.29. The fourth-order valence-electron chi connectivity index (χ4n) is 2.74. The van der Waals surface area contributed by atoms with Crippen molar-refractivity contribution in [3.63, 3.8) is 0 Å². The highest BCUT2D eigenvalue weighted by Gasteiger charge is 2.40. The molecule has 6 nitrogen and oxygen atoms in total. The number of carboxylic acid groups (broad SMARTS) is 1. The van der Waals surface area contributed by atoms with Gasteiger partial charge in [0.15, 0.2) is 0 Å². The first-order chi connectivity index (χ1) is 10.1. The number of fused-ring (bicyclic) bond motifs is 1. The van der Waals surface area contributed by atoms with Crippen LogP contribution in [-0.2, 0) is 14.3 Å².